The summed E-state index contributed by atoms with van der Waals surface area (Å²) >= 11 is 1.56. The van der Waals surface area contributed by atoms with Crippen molar-refractivity contribution < 1.29 is 5.11 Å². The van der Waals surface area contributed by atoms with Gasteiger partial charge in [0.15, 0.2) is 0 Å². The van der Waals surface area contributed by atoms with Crippen molar-refractivity contribution in [2.24, 2.45) is 0 Å². The van der Waals surface area contributed by atoms with Crippen molar-refractivity contribution in [2.45, 2.75) is 6.10 Å². The van der Waals surface area contributed by atoms with Crippen LogP contribution in [0.2, 0.25) is 0 Å². The van der Waals surface area contributed by atoms with Crippen molar-refractivity contribution in [3.8, 4) is 0 Å². The summed E-state index contributed by atoms with van der Waals surface area (Å²) < 4.78 is 0. The van der Waals surface area contributed by atoms with Gasteiger partial charge in [0.25, 0.3) is 0 Å². The number of benzene rings is 1. The Morgan fingerprint density at radius 3 is 2.71 bits per heavy atom. The summed E-state index contributed by atoms with van der Waals surface area (Å²) in [5.41, 5.74) is 3.09. The van der Waals surface area contributed by atoms with Crippen LogP contribution in [0.15, 0.2) is 47.3 Å². The third-order valence-corrected chi connectivity index (χ3v) is 3.31. The molecule has 2 aromatic heterocycles. The molecule has 0 saturated heterocycles. The molecule has 0 aliphatic carbocycles. The van der Waals surface area contributed by atoms with Gasteiger partial charge in [0.05, 0.1) is 22.9 Å². The molecule has 0 amide bonds. The molecule has 0 aliphatic heterocycles. The Bertz CT molecular complexity index is 637. The van der Waals surface area contributed by atoms with Gasteiger partial charge in [-0.1, -0.05) is 12.1 Å². The molecule has 0 aliphatic rings. The molecule has 1 aromatic carbocycles. The van der Waals surface area contributed by atoms with Crippen molar-refractivity contribution >= 4 is 22.4 Å². The van der Waals surface area contributed by atoms with E-state index in [9.17, 15) is 5.11 Å². The number of aromatic nitrogens is 2. The van der Waals surface area contributed by atoms with Crippen LogP contribution in [-0.4, -0.2) is 15.1 Å². The zero-order chi connectivity index (χ0) is 11.7. The highest BCUT2D eigenvalue weighted by Crippen LogP contribution is 2.23. The van der Waals surface area contributed by atoms with E-state index in [-0.39, 0.29) is 0 Å². The fraction of sp³-hybridized carbons (Fsp3) is 0.0769. The maximum absolute atomic E-state index is 10.1. The number of aliphatic hydroxyl groups is 1. The van der Waals surface area contributed by atoms with Crippen molar-refractivity contribution in [1.29, 1.82) is 0 Å². The van der Waals surface area contributed by atoms with E-state index in [1.807, 2.05) is 41.1 Å². The van der Waals surface area contributed by atoms with Crippen LogP contribution in [0.4, 0.5) is 0 Å². The molecule has 17 heavy (non-hydrogen) atoms. The number of fused-ring (bicyclic) bond motifs is 1. The van der Waals surface area contributed by atoms with E-state index in [2.05, 4.69) is 9.97 Å². The Kier molecular flexibility index (Phi) is 2.59. The number of rotatable bonds is 2. The van der Waals surface area contributed by atoms with Crippen LogP contribution < -0.4 is 0 Å². The fourth-order valence-electron chi connectivity index (χ4n) is 1.70. The van der Waals surface area contributed by atoms with Gasteiger partial charge in [-0.15, -0.1) is 0 Å². The van der Waals surface area contributed by atoms with Gasteiger partial charge in [0, 0.05) is 0 Å². The van der Waals surface area contributed by atoms with Crippen molar-refractivity contribution in [3.63, 3.8) is 0 Å². The zero-order valence-electron chi connectivity index (χ0n) is 8.95. The van der Waals surface area contributed by atoms with Crippen LogP contribution in [0.3, 0.4) is 0 Å². The molecule has 3 aromatic rings. The second-order valence-electron chi connectivity index (χ2n) is 3.74. The van der Waals surface area contributed by atoms with Crippen LogP contribution in [0.5, 0.6) is 0 Å². The lowest BCUT2D eigenvalue weighted by Crippen LogP contribution is -2.02. The first-order chi connectivity index (χ1) is 8.34. The van der Waals surface area contributed by atoms with Crippen molar-refractivity contribution in [2.75, 3.05) is 0 Å². The summed E-state index contributed by atoms with van der Waals surface area (Å²) in [4.78, 5) is 8.72. The highest BCUT2D eigenvalue weighted by Gasteiger charge is 2.13. The van der Waals surface area contributed by atoms with E-state index in [1.54, 1.807) is 17.5 Å². The number of nitrogens with zero attached hydrogens (tertiary/aromatic N) is 2. The van der Waals surface area contributed by atoms with Crippen LogP contribution in [0, 0.1) is 0 Å². The summed E-state index contributed by atoms with van der Waals surface area (Å²) in [7, 11) is 0. The third kappa shape index (κ3) is 1.92. The molecule has 84 valence electrons. The molecule has 0 spiro atoms. The lowest BCUT2D eigenvalue weighted by Gasteiger charge is -2.08. The first-order valence-corrected chi connectivity index (χ1v) is 6.21. The second-order valence-corrected chi connectivity index (χ2v) is 4.52. The molecule has 0 fully saturated rings. The molecular formula is C13H10N2OS. The highest BCUT2D eigenvalue weighted by atomic mass is 32.1. The Balaban J connectivity index is 2.06. The molecule has 2 heterocycles. The summed E-state index contributed by atoms with van der Waals surface area (Å²) in [5.74, 6) is 0. The van der Waals surface area contributed by atoms with E-state index in [0.29, 0.717) is 5.69 Å². The maximum atomic E-state index is 10.1. The summed E-state index contributed by atoms with van der Waals surface area (Å²) in [6.45, 7) is 0. The van der Waals surface area contributed by atoms with Gasteiger partial charge in [-0.25, -0.2) is 4.98 Å². The average molecular weight is 242 g/mol. The molecule has 4 heteroatoms. The Labute approximate surface area is 102 Å². The number of hydrogen-bond acceptors (Lipinski definition) is 4. The molecule has 1 unspecified atom stereocenters. The maximum Gasteiger partial charge on any atom is 0.123 e. The minimum absolute atomic E-state index is 0.585. The van der Waals surface area contributed by atoms with Gasteiger partial charge >= 0.3 is 0 Å². The van der Waals surface area contributed by atoms with Gasteiger partial charge < -0.3 is 5.11 Å². The third-order valence-electron chi connectivity index (χ3n) is 2.61. The predicted octanol–water partition coefficient (Wildman–Crippen LogP) is 2.77. The Morgan fingerprint density at radius 2 is 1.94 bits per heavy atom. The summed E-state index contributed by atoms with van der Waals surface area (Å²) in [6.07, 6.45) is 0.934. The van der Waals surface area contributed by atoms with Crippen LogP contribution >= 0.6 is 11.3 Å². The first-order valence-electron chi connectivity index (χ1n) is 5.26. The first kappa shape index (κ1) is 10.4. The predicted molar refractivity (Wildman–Crippen MR) is 67.9 cm³/mol. The second kappa shape index (κ2) is 4.24. The summed E-state index contributed by atoms with van der Waals surface area (Å²) in [5, 5.41) is 14.0. The number of aliphatic hydroxyl groups excluding tert-OH is 1. The van der Waals surface area contributed by atoms with E-state index < -0.39 is 6.10 Å². The number of hydrogen-bond donors (Lipinski definition) is 1. The topological polar surface area (TPSA) is 46.0 Å². The van der Waals surface area contributed by atoms with Gasteiger partial charge in [-0.3, -0.25) is 4.98 Å². The molecule has 3 nitrogen and oxygen atoms in total. The molecule has 1 N–H and O–H groups in total. The van der Waals surface area contributed by atoms with Gasteiger partial charge in [0.2, 0.25) is 0 Å². The van der Waals surface area contributed by atoms with Gasteiger partial charge in [-0.05, 0) is 34.5 Å². The molecule has 0 saturated carbocycles. The molecule has 3 rings (SSSR count). The quantitative estimate of drug-likeness (QED) is 0.751. The SMILES string of the molecule is OC(c1ccsc1)c1cnc2ccccc2n1. The minimum Gasteiger partial charge on any atom is -0.382 e. The molecule has 1 atom stereocenters. The van der Waals surface area contributed by atoms with E-state index in [4.69, 9.17) is 0 Å². The van der Waals surface area contributed by atoms with E-state index in [1.165, 1.54) is 0 Å². The number of para-hydroxylation sites is 2. The minimum atomic E-state index is -0.696. The highest BCUT2D eigenvalue weighted by molar-refractivity contribution is 7.07. The van der Waals surface area contributed by atoms with E-state index in [0.717, 1.165) is 16.6 Å². The monoisotopic (exact) mass is 242 g/mol. The summed E-state index contributed by atoms with van der Waals surface area (Å²) in [6, 6.07) is 9.53. The van der Waals surface area contributed by atoms with E-state index >= 15 is 0 Å². The zero-order valence-corrected chi connectivity index (χ0v) is 9.76. The molecule has 0 radical (unpaired) electrons. The normalized spacial score (nSPS) is 12.8. The van der Waals surface area contributed by atoms with Gasteiger partial charge in [-0.2, -0.15) is 11.3 Å². The van der Waals surface area contributed by atoms with Crippen LogP contribution in [0.25, 0.3) is 11.0 Å². The van der Waals surface area contributed by atoms with Gasteiger partial charge in [0.1, 0.15) is 6.10 Å². The fourth-order valence-corrected chi connectivity index (χ4v) is 2.38. The number of thiophene rings is 1. The van der Waals surface area contributed by atoms with Crippen molar-refractivity contribution in [3.05, 3.63) is 58.5 Å². The lowest BCUT2D eigenvalue weighted by molar-refractivity contribution is 0.216. The Morgan fingerprint density at radius 1 is 1.12 bits per heavy atom. The Hall–Kier alpha value is -1.78. The van der Waals surface area contributed by atoms with Crippen LogP contribution in [-0.2, 0) is 0 Å². The standard InChI is InChI=1S/C13H10N2OS/c16-13(9-5-6-17-8-9)12-7-14-10-3-1-2-4-11(10)15-12/h1-8,13,16H. The molecule has 0 bridgehead atoms. The van der Waals surface area contributed by atoms with Crippen LogP contribution in [0.1, 0.15) is 17.4 Å². The molecular weight excluding hydrogens is 232 g/mol. The average Bonchev–Trinajstić information content (AvgIpc) is 2.91. The largest absolute Gasteiger partial charge is 0.382 e. The lowest BCUT2D eigenvalue weighted by atomic mass is 10.1. The smallest absolute Gasteiger partial charge is 0.123 e. The van der Waals surface area contributed by atoms with Crippen molar-refractivity contribution in [1.82, 2.24) is 9.97 Å².